The molecule has 1 aliphatic rings. The Labute approximate surface area is 161 Å². The summed E-state index contributed by atoms with van der Waals surface area (Å²) in [6.07, 6.45) is 1.84. The van der Waals surface area contributed by atoms with Gasteiger partial charge in [-0.3, -0.25) is 5.01 Å². The third-order valence-corrected chi connectivity index (χ3v) is 5.04. The highest BCUT2D eigenvalue weighted by molar-refractivity contribution is 5.80. The predicted octanol–water partition coefficient (Wildman–Crippen LogP) is 2.14. The molecule has 0 amide bonds. The van der Waals surface area contributed by atoms with Gasteiger partial charge < -0.3 is 14.7 Å². The summed E-state index contributed by atoms with van der Waals surface area (Å²) >= 11 is 0. The molecule has 3 rings (SSSR count). The number of aryl methyl sites for hydroxylation is 2. The number of nitrogens with one attached hydrogen (secondary N) is 1. The minimum atomic E-state index is 0.164. The number of nitrogens with zero attached hydrogens (tertiary/aromatic N) is 2. The van der Waals surface area contributed by atoms with Crippen molar-refractivity contribution < 1.29 is 14.7 Å². The van der Waals surface area contributed by atoms with Crippen LogP contribution < -0.4 is 9.64 Å². The van der Waals surface area contributed by atoms with E-state index in [0.29, 0.717) is 12.4 Å². The molecule has 1 fully saturated rings. The molecule has 5 heteroatoms. The SMILES string of the molecule is CCOc1cc(C=NN2CC[NH+](Cc3ccc(C)cc3C)CC2)ccc1O. The second kappa shape index (κ2) is 8.91. The van der Waals surface area contributed by atoms with Crippen molar-refractivity contribution in [3.63, 3.8) is 0 Å². The van der Waals surface area contributed by atoms with E-state index in [1.165, 1.54) is 16.7 Å². The van der Waals surface area contributed by atoms with Gasteiger partial charge in [-0.1, -0.05) is 23.8 Å². The summed E-state index contributed by atoms with van der Waals surface area (Å²) in [5.41, 5.74) is 5.09. The number of piperazine rings is 1. The van der Waals surface area contributed by atoms with Crippen LogP contribution in [-0.4, -0.2) is 49.1 Å². The Bertz CT molecular complexity index is 796. The van der Waals surface area contributed by atoms with Gasteiger partial charge in [0.25, 0.3) is 0 Å². The third kappa shape index (κ3) is 5.23. The Morgan fingerprint density at radius 2 is 1.93 bits per heavy atom. The first kappa shape index (κ1) is 19.2. The number of rotatable bonds is 6. The lowest BCUT2D eigenvalue weighted by atomic mass is 10.1. The van der Waals surface area contributed by atoms with Crippen LogP contribution in [-0.2, 0) is 6.54 Å². The zero-order valence-electron chi connectivity index (χ0n) is 16.5. The van der Waals surface area contributed by atoms with Gasteiger partial charge in [0.15, 0.2) is 11.5 Å². The van der Waals surface area contributed by atoms with E-state index in [0.717, 1.165) is 38.3 Å². The third-order valence-electron chi connectivity index (χ3n) is 5.04. The van der Waals surface area contributed by atoms with E-state index in [1.54, 1.807) is 11.0 Å². The van der Waals surface area contributed by atoms with E-state index in [-0.39, 0.29) is 5.75 Å². The fraction of sp³-hybridized carbons (Fsp3) is 0.409. The summed E-state index contributed by atoms with van der Waals surface area (Å²) in [5.74, 6) is 0.668. The van der Waals surface area contributed by atoms with Gasteiger partial charge >= 0.3 is 0 Å². The molecular weight excluding hydrogens is 338 g/mol. The summed E-state index contributed by atoms with van der Waals surface area (Å²) in [6, 6.07) is 12.1. The van der Waals surface area contributed by atoms with E-state index >= 15 is 0 Å². The molecule has 1 saturated heterocycles. The first-order valence-corrected chi connectivity index (χ1v) is 9.69. The molecule has 5 nitrogen and oxygen atoms in total. The molecule has 0 spiro atoms. The maximum absolute atomic E-state index is 9.79. The first-order chi connectivity index (χ1) is 13.0. The minimum Gasteiger partial charge on any atom is -0.504 e. The Hall–Kier alpha value is -2.53. The van der Waals surface area contributed by atoms with Gasteiger partial charge in [-0.25, -0.2) is 0 Å². The molecule has 144 valence electrons. The van der Waals surface area contributed by atoms with Crippen LogP contribution in [0.25, 0.3) is 0 Å². The molecule has 1 aliphatic heterocycles. The second-order valence-corrected chi connectivity index (χ2v) is 7.22. The van der Waals surface area contributed by atoms with Crippen LogP contribution in [0.2, 0.25) is 0 Å². The van der Waals surface area contributed by atoms with Gasteiger partial charge in [-0.2, -0.15) is 5.10 Å². The normalized spacial score (nSPS) is 15.4. The van der Waals surface area contributed by atoms with Crippen LogP contribution in [0.5, 0.6) is 11.5 Å². The number of phenols is 1. The monoisotopic (exact) mass is 368 g/mol. The first-order valence-electron chi connectivity index (χ1n) is 9.69. The van der Waals surface area contributed by atoms with Crippen molar-refractivity contribution in [2.45, 2.75) is 27.3 Å². The average Bonchev–Trinajstić information content (AvgIpc) is 2.66. The fourth-order valence-electron chi connectivity index (χ4n) is 3.45. The van der Waals surface area contributed by atoms with Crippen molar-refractivity contribution in [2.75, 3.05) is 32.8 Å². The lowest BCUT2D eigenvalue weighted by Crippen LogP contribution is -3.13. The quantitative estimate of drug-likeness (QED) is 0.768. The highest BCUT2D eigenvalue weighted by Crippen LogP contribution is 2.26. The van der Waals surface area contributed by atoms with Crippen LogP contribution in [0.15, 0.2) is 41.5 Å². The van der Waals surface area contributed by atoms with Crippen molar-refractivity contribution >= 4 is 6.21 Å². The molecule has 2 aromatic carbocycles. The molecular formula is C22H30N3O2+. The van der Waals surface area contributed by atoms with Crippen molar-refractivity contribution in [3.05, 3.63) is 58.7 Å². The Kier molecular flexibility index (Phi) is 6.35. The van der Waals surface area contributed by atoms with Crippen LogP contribution in [0.3, 0.4) is 0 Å². The van der Waals surface area contributed by atoms with Crippen LogP contribution in [0.4, 0.5) is 0 Å². The number of phenolic OH excluding ortho intramolecular Hbond substituents is 1. The van der Waals surface area contributed by atoms with Crippen LogP contribution in [0, 0.1) is 13.8 Å². The largest absolute Gasteiger partial charge is 0.504 e. The zero-order valence-corrected chi connectivity index (χ0v) is 16.5. The summed E-state index contributed by atoms with van der Waals surface area (Å²) in [6.45, 7) is 11.9. The lowest BCUT2D eigenvalue weighted by Gasteiger charge is -2.30. The molecule has 0 radical (unpaired) electrons. The number of hydrogen-bond acceptors (Lipinski definition) is 4. The molecule has 0 saturated carbocycles. The molecule has 2 aromatic rings. The maximum atomic E-state index is 9.79. The second-order valence-electron chi connectivity index (χ2n) is 7.22. The number of benzene rings is 2. The highest BCUT2D eigenvalue weighted by atomic mass is 16.5. The lowest BCUT2D eigenvalue weighted by molar-refractivity contribution is -0.918. The Morgan fingerprint density at radius 1 is 1.15 bits per heavy atom. The number of ether oxygens (including phenoxy) is 1. The van der Waals surface area contributed by atoms with E-state index in [1.807, 2.05) is 25.3 Å². The van der Waals surface area contributed by atoms with E-state index in [4.69, 9.17) is 4.74 Å². The maximum Gasteiger partial charge on any atom is 0.161 e. The van der Waals surface area contributed by atoms with E-state index < -0.39 is 0 Å². The molecule has 27 heavy (non-hydrogen) atoms. The highest BCUT2D eigenvalue weighted by Gasteiger charge is 2.19. The topological polar surface area (TPSA) is 49.5 Å². The standard InChI is InChI=1S/C22H29N3O2/c1-4-27-22-14-19(6-8-21(22)26)15-23-25-11-9-24(10-12-25)16-20-7-5-17(2)13-18(20)3/h5-8,13-15,26H,4,9-12,16H2,1-3H3/p+1. The summed E-state index contributed by atoms with van der Waals surface area (Å²) in [4.78, 5) is 1.61. The van der Waals surface area contributed by atoms with Crippen molar-refractivity contribution in [2.24, 2.45) is 5.10 Å². The molecule has 1 heterocycles. The van der Waals surface area contributed by atoms with Crippen LogP contribution in [0.1, 0.15) is 29.2 Å². The van der Waals surface area contributed by atoms with E-state index in [2.05, 4.69) is 42.2 Å². The van der Waals surface area contributed by atoms with Crippen molar-refractivity contribution in [1.29, 1.82) is 0 Å². The van der Waals surface area contributed by atoms with Gasteiger partial charge in [0.05, 0.1) is 39.0 Å². The number of quaternary nitrogens is 1. The van der Waals surface area contributed by atoms with Gasteiger partial charge in [0.1, 0.15) is 6.54 Å². The molecule has 0 aromatic heterocycles. The number of aromatic hydroxyl groups is 1. The summed E-state index contributed by atoms with van der Waals surface area (Å²) in [5, 5.41) is 16.5. The Balaban J connectivity index is 1.53. The van der Waals surface area contributed by atoms with E-state index in [9.17, 15) is 5.11 Å². The fourth-order valence-corrected chi connectivity index (χ4v) is 3.45. The smallest absolute Gasteiger partial charge is 0.161 e. The molecule has 0 bridgehead atoms. The number of hydrazone groups is 1. The predicted molar refractivity (Wildman–Crippen MR) is 109 cm³/mol. The minimum absolute atomic E-state index is 0.164. The van der Waals surface area contributed by atoms with Gasteiger partial charge in [-0.05, 0) is 50.1 Å². The molecule has 0 atom stereocenters. The molecule has 0 unspecified atom stereocenters. The average molecular weight is 369 g/mol. The van der Waals surface area contributed by atoms with Gasteiger partial charge in [0.2, 0.25) is 0 Å². The van der Waals surface area contributed by atoms with Crippen LogP contribution >= 0.6 is 0 Å². The van der Waals surface area contributed by atoms with Crippen molar-refractivity contribution in [3.8, 4) is 11.5 Å². The summed E-state index contributed by atoms with van der Waals surface area (Å²) in [7, 11) is 0. The number of hydrogen-bond donors (Lipinski definition) is 2. The zero-order chi connectivity index (χ0) is 19.2. The van der Waals surface area contributed by atoms with Gasteiger partial charge in [0, 0.05) is 5.56 Å². The van der Waals surface area contributed by atoms with Gasteiger partial charge in [-0.15, -0.1) is 0 Å². The Morgan fingerprint density at radius 3 is 2.63 bits per heavy atom. The molecule has 2 N–H and O–H groups in total. The summed E-state index contributed by atoms with van der Waals surface area (Å²) < 4.78 is 5.43. The van der Waals surface area contributed by atoms with Crippen molar-refractivity contribution in [1.82, 2.24) is 5.01 Å². The molecule has 0 aliphatic carbocycles.